The van der Waals surface area contributed by atoms with Crippen molar-refractivity contribution in [3.8, 4) is 11.1 Å². The molecule has 7 nitrogen and oxygen atoms in total. The number of fused-ring (bicyclic) bond motifs is 3. The second-order valence-corrected chi connectivity index (χ2v) is 9.07. The maximum Gasteiger partial charge on any atom is 0.407 e. The van der Waals surface area contributed by atoms with Gasteiger partial charge in [0.2, 0.25) is 5.91 Å². The van der Waals surface area contributed by atoms with E-state index in [2.05, 4.69) is 34.9 Å². The van der Waals surface area contributed by atoms with Crippen molar-refractivity contribution in [2.45, 2.75) is 32.1 Å². The summed E-state index contributed by atoms with van der Waals surface area (Å²) in [5, 5.41) is 14.7. The molecule has 3 N–H and O–H groups in total. The molecule has 2 unspecified atom stereocenters. The molecule has 2 aromatic rings. The van der Waals surface area contributed by atoms with Crippen molar-refractivity contribution in [1.82, 2.24) is 10.6 Å². The maximum atomic E-state index is 12.3. The molecule has 0 aliphatic heterocycles. The zero-order chi connectivity index (χ0) is 23.4. The largest absolute Gasteiger partial charge is 0.481 e. The number of rotatable bonds is 10. The number of carbonyl (C=O) groups excluding carboxylic acids is 2. The Bertz CT molecular complexity index is 987. The van der Waals surface area contributed by atoms with Gasteiger partial charge in [0.1, 0.15) is 6.61 Å². The summed E-state index contributed by atoms with van der Waals surface area (Å²) >= 11 is 0. The molecule has 0 saturated heterocycles. The topological polar surface area (TPSA) is 105 Å². The zero-order valence-corrected chi connectivity index (χ0v) is 18.8. The number of hydrogen-bond donors (Lipinski definition) is 3. The number of amides is 2. The fourth-order valence-corrected chi connectivity index (χ4v) is 4.40. The van der Waals surface area contributed by atoms with Crippen LogP contribution < -0.4 is 10.6 Å². The Morgan fingerprint density at radius 2 is 1.58 bits per heavy atom. The SMILES string of the molecule is CC(CNC(=O)OCC1c2ccccc2-c2ccccc21)C(=O)NCC(CC1CC1)C(=O)O. The van der Waals surface area contributed by atoms with Gasteiger partial charge in [0.15, 0.2) is 0 Å². The van der Waals surface area contributed by atoms with Crippen molar-refractivity contribution in [2.75, 3.05) is 19.7 Å². The Morgan fingerprint density at radius 3 is 2.15 bits per heavy atom. The molecular formula is C26H30N2O5. The lowest BCUT2D eigenvalue weighted by Gasteiger charge is -2.17. The summed E-state index contributed by atoms with van der Waals surface area (Å²) in [6, 6.07) is 16.2. The van der Waals surface area contributed by atoms with Crippen LogP contribution >= 0.6 is 0 Å². The fourth-order valence-electron chi connectivity index (χ4n) is 4.40. The first kappa shape index (κ1) is 22.8. The monoisotopic (exact) mass is 450 g/mol. The van der Waals surface area contributed by atoms with Crippen LogP contribution in [-0.4, -0.2) is 42.8 Å². The van der Waals surface area contributed by atoms with Crippen LogP contribution in [0, 0.1) is 17.8 Å². The standard InChI is InChI=1S/C26H30N2O5/c1-16(24(29)27-14-18(25(30)31)12-17-10-11-17)13-28-26(32)33-15-23-21-8-4-2-6-19(21)20-7-3-5-9-22(20)23/h2-9,16-18,23H,10-15H2,1H3,(H,27,29)(H,28,32)(H,30,31). The van der Waals surface area contributed by atoms with E-state index in [1.54, 1.807) is 6.92 Å². The highest BCUT2D eigenvalue weighted by Gasteiger charge is 2.30. The van der Waals surface area contributed by atoms with Gasteiger partial charge in [-0.15, -0.1) is 0 Å². The number of benzene rings is 2. The van der Waals surface area contributed by atoms with E-state index < -0.39 is 23.9 Å². The van der Waals surface area contributed by atoms with Crippen molar-refractivity contribution < 1.29 is 24.2 Å². The van der Waals surface area contributed by atoms with Gasteiger partial charge in [-0.1, -0.05) is 68.3 Å². The van der Waals surface area contributed by atoms with Crippen LogP contribution in [0.4, 0.5) is 4.79 Å². The lowest BCUT2D eigenvalue weighted by molar-refractivity contribution is -0.142. The Balaban J connectivity index is 1.23. The third kappa shape index (κ3) is 5.53. The lowest BCUT2D eigenvalue weighted by atomic mass is 9.98. The Hall–Kier alpha value is -3.35. The minimum absolute atomic E-state index is 0.0247. The van der Waals surface area contributed by atoms with E-state index in [4.69, 9.17) is 4.74 Å². The number of hydrogen-bond acceptors (Lipinski definition) is 4. The molecule has 0 spiro atoms. The summed E-state index contributed by atoms with van der Waals surface area (Å²) in [6.45, 7) is 2.13. The molecule has 2 amide bonds. The minimum atomic E-state index is -0.883. The van der Waals surface area contributed by atoms with E-state index in [0.717, 1.165) is 35.1 Å². The average Bonchev–Trinajstić information content (AvgIpc) is 3.59. The van der Waals surface area contributed by atoms with Crippen LogP contribution in [0.3, 0.4) is 0 Å². The van der Waals surface area contributed by atoms with Gasteiger partial charge in [-0.2, -0.15) is 0 Å². The molecule has 174 valence electrons. The second kappa shape index (κ2) is 10.1. The average molecular weight is 451 g/mol. The molecule has 2 aliphatic rings. The number of alkyl carbamates (subject to hydrolysis) is 1. The number of aliphatic carboxylic acids is 1. The number of ether oxygens (including phenoxy) is 1. The molecule has 2 aromatic carbocycles. The lowest BCUT2D eigenvalue weighted by Crippen LogP contribution is -2.40. The molecule has 33 heavy (non-hydrogen) atoms. The van der Waals surface area contributed by atoms with E-state index in [9.17, 15) is 19.5 Å². The Kier molecular flexibility index (Phi) is 6.96. The van der Waals surface area contributed by atoms with Gasteiger partial charge >= 0.3 is 12.1 Å². The fraction of sp³-hybridized carbons (Fsp3) is 0.423. The van der Waals surface area contributed by atoms with Crippen LogP contribution in [0.5, 0.6) is 0 Å². The first-order valence-electron chi connectivity index (χ1n) is 11.5. The van der Waals surface area contributed by atoms with Crippen molar-refractivity contribution in [2.24, 2.45) is 17.8 Å². The van der Waals surface area contributed by atoms with Crippen LogP contribution in [-0.2, 0) is 14.3 Å². The molecular weight excluding hydrogens is 420 g/mol. The zero-order valence-electron chi connectivity index (χ0n) is 18.8. The van der Waals surface area contributed by atoms with Crippen LogP contribution in [0.15, 0.2) is 48.5 Å². The normalized spacial score (nSPS) is 16.3. The van der Waals surface area contributed by atoms with E-state index in [0.29, 0.717) is 12.3 Å². The highest BCUT2D eigenvalue weighted by molar-refractivity contribution is 5.81. The molecule has 1 fully saturated rings. The third-order valence-electron chi connectivity index (χ3n) is 6.53. The first-order chi connectivity index (χ1) is 15.9. The van der Waals surface area contributed by atoms with Gasteiger partial charge in [-0.25, -0.2) is 4.79 Å². The van der Waals surface area contributed by atoms with Gasteiger partial charge in [0.25, 0.3) is 0 Å². The molecule has 0 heterocycles. The number of carboxylic acids is 1. The van der Waals surface area contributed by atoms with Crippen molar-refractivity contribution in [3.63, 3.8) is 0 Å². The van der Waals surface area contributed by atoms with E-state index in [1.807, 2.05) is 24.3 Å². The molecule has 2 aliphatic carbocycles. The van der Waals surface area contributed by atoms with Crippen LogP contribution in [0.1, 0.15) is 43.2 Å². The molecule has 0 radical (unpaired) electrons. The molecule has 7 heteroatoms. The van der Waals surface area contributed by atoms with Crippen LogP contribution in [0.2, 0.25) is 0 Å². The van der Waals surface area contributed by atoms with E-state index in [1.165, 1.54) is 0 Å². The number of carboxylic acid groups (broad SMARTS) is 1. The highest BCUT2D eigenvalue weighted by Crippen LogP contribution is 2.44. The van der Waals surface area contributed by atoms with Gasteiger partial charge in [0.05, 0.1) is 11.8 Å². The van der Waals surface area contributed by atoms with Gasteiger partial charge in [-0.05, 0) is 34.6 Å². The van der Waals surface area contributed by atoms with Crippen molar-refractivity contribution in [1.29, 1.82) is 0 Å². The van der Waals surface area contributed by atoms with Gasteiger partial charge in [0, 0.05) is 19.0 Å². The predicted octanol–water partition coefficient (Wildman–Crippen LogP) is 3.78. The molecule has 4 rings (SSSR count). The molecule has 2 atom stereocenters. The summed E-state index contributed by atoms with van der Waals surface area (Å²) in [5.41, 5.74) is 4.60. The molecule has 1 saturated carbocycles. The van der Waals surface area contributed by atoms with Gasteiger partial charge in [-0.3, -0.25) is 9.59 Å². The Labute approximate surface area is 193 Å². The van der Waals surface area contributed by atoms with Crippen molar-refractivity contribution >= 4 is 18.0 Å². The highest BCUT2D eigenvalue weighted by atomic mass is 16.5. The predicted molar refractivity (Wildman–Crippen MR) is 124 cm³/mol. The third-order valence-corrected chi connectivity index (χ3v) is 6.53. The minimum Gasteiger partial charge on any atom is -0.481 e. The van der Waals surface area contributed by atoms with Gasteiger partial charge < -0.3 is 20.5 Å². The quantitative estimate of drug-likeness (QED) is 0.511. The second-order valence-electron chi connectivity index (χ2n) is 9.07. The smallest absolute Gasteiger partial charge is 0.407 e. The van der Waals surface area contributed by atoms with Crippen LogP contribution in [0.25, 0.3) is 11.1 Å². The summed E-state index contributed by atoms with van der Waals surface area (Å²) in [5.74, 6) is -1.79. The van der Waals surface area contributed by atoms with E-state index in [-0.39, 0.29) is 31.5 Å². The summed E-state index contributed by atoms with van der Waals surface area (Å²) in [7, 11) is 0. The van der Waals surface area contributed by atoms with Crippen molar-refractivity contribution in [3.05, 3.63) is 59.7 Å². The maximum absolute atomic E-state index is 12.3. The summed E-state index contributed by atoms with van der Waals surface area (Å²) < 4.78 is 5.49. The van der Waals surface area contributed by atoms with E-state index >= 15 is 0 Å². The number of nitrogens with one attached hydrogen (secondary N) is 2. The number of carbonyl (C=O) groups is 3. The summed E-state index contributed by atoms with van der Waals surface area (Å²) in [4.78, 5) is 36.0. The molecule has 0 bridgehead atoms. The Morgan fingerprint density at radius 1 is 0.970 bits per heavy atom. The summed E-state index contributed by atoms with van der Waals surface area (Å²) in [6.07, 6.45) is 2.16. The molecule has 0 aromatic heterocycles. The first-order valence-corrected chi connectivity index (χ1v) is 11.5.